The number of phenolic OH excluding ortho intramolecular Hbond substituents is 1. The average Bonchev–Trinajstić information content (AvgIpc) is 3.22. The zero-order chi connectivity index (χ0) is 18.3. The summed E-state index contributed by atoms with van der Waals surface area (Å²) in [7, 11) is 0. The van der Waals surface area contributed by atoms with Crippen molar-refractivity contribution in [1.29, 1.82) is 0 Å². The summed E-state index contributed by atoms with van der Waals surface area (Å²) >= 11 is 0. The Morgan fingerprint density at radius 2 is 1.77 bits per heavy atom. The number of hydrogen-bond acceptors (Lipinski definition) is 3. The van der Waals surface area contributed by atoms with Crippen molar-refractivity contribution in [3.05, 3.63) is 65.7 Å². The lowest BCUT2D eigenvalue weighted by Crippen LogP contribution is -2.48. The smallest absolute Gasteiger partial charge is 0.326 e. The van der Waals surface area contributed by atoms with Crippen molar-refractivity contribution >= 4 is 11.9 Å². The first-order chi connectivity index (χ1) is 12.5. The summed E-state index contributed by atoms with van der Waals surface area (Å²) in [5.41, 5.74) is 1.65. The lowest BCUT2D eigenvalue weighted by molar-refractivity contribution is -0.143. The van der Waals surface area contributed by atoms with E-state index in [0.717, 1.165) is 18.4 Å². The fraction of sp³-hybridized carbons (Fsp3) is 0.333. The van der Waals surface area contributed by atoms with E-state index in [4.69, 9.17) is 0 Å². The van der Waals surface area contributed by atoms with E-state index in [1.807, 2.05) is 18.2 Å². The number of rotatable bonds is 6. The van der Waals surface area contributed by atoms with E-state index in [1.54, 1.807) is 12.1 Å². The van der Waals surface area contributed by atoms with Crippen LogP contribution in [0.3, 0.4) is 0 Å². The highest BCUT2D eigenvalue weighted by atomic mass is 16.4. The van der Waals surface area contributed by atoms with Gasteiger partial charge in [-0.05, 0) is 47.9 Å². The van der Waals surface area contributed by atoms with Gasteiger partial charge in [0, 0.05) is 6.42 Å². The quantitative estimate of drug-likeness (QED) is 0.747. The van der Waals surface area contributed by atoms with Gasteiger partial charge >= 0.3 is 5.97 Å². The minimum absolute atomic E-state index is 0.130. The van der Waals surface area contributed by atoms with Crippen LogP contribution in [0, 0.1) is 11.3 Å². The topological polar surface area (TPSA) is 86.6 Å². The van der Waals surface area contributed by atoms with Gasteiger partial charge in [-0.15, -0.1) is 0 Å². The lowest BCUT2D eigenvalue weighted by atomic mass is 9.71. The van der Waals surface area contributed by atoms with Crippen LogP contribution in [-0.2, 0) is 16.0 Å². The minimum Gasteiger partial charge on any atom is -0.508 e. The highest BCUT2D eigenvalue weighted by Crippen LogP contribution is 2.74. The molecule has 0 heterocycles. The monoisotopic (exact) mass is 351 g/mol. The highest BCUT2D eigenvalue weighted by Gasteiger charge is 2.71. The molecule has 5 nitrogen and oxygen atoms in total. The van der Waals surface area contributed by atoms with Crippen molar-refractivity contribution in [2.24, 2.45) is 11.3 Å². The summed E-state index contributed by atoms with van der Waals surface area (Å²) in [6.07, 6.45) is 1.83. The third-order valence-corrected chi connectivity index (χ3v) is 5.86. The third-order valence-electron chi connectivity index (χ3n) is 5.86. The van der Waals surface area contributed by atoms with Gasteiger partial charge in [0.1, 0.15) is 11.8 Å². The summed E-state index contributed by atoms with van der Waals surface area (Å²) in [6.45, 7) is 0. The van der Waals surface area contributed by atoms with E-state index >= 15 is 0 Å². The fourth-order valence-electron chi connectivity index (χ4n) is 4.24. The number of fused-ring (bicyclic) bond motifs is 1. The molecule has 0 unspecified atom stereocenters. The van der Waals surface area contributed by atoms with Crippen LogP contribution in [0.4, 0.5) is 0 Å². The van der Waals surface area contributed by atoms with E-state index in [9.17, 15) is 19.8 Å². The summed E-state index contributed by atoms with van der Waals surface area (Å²) < 4.78 is 0. The molecule has 134 valence electrons. The maximum Gasteiger partial charge on any atom is 0.326 e. The number of aliphatic carboxylic acids is 1. The number of carbonyl (C=O) groups excluding carboxylic acids is 1. The molecule has 3 N–H and O–H groups in total. The van der Waals surface area contributed by atoms with Gasteiger partial charge in [-0.25, -0.2) is 4.79 Å². The number of hydrogen-bond donors (Lipinski definition) is 3. The molecule has 2 saturated carbocycles. The molecule has 4 atom stereocenters. The van der Waals surface area contributed by atoms with Gasteiger partial charge < -0.3 is 15.5 Å². The van der Waals surface area contributed by atoms with E-state index in [0.29, 0.717) is 11.8 Å². The van der Waals surface area contributed by atoms with E-state index in [1.165, 1.54) is 17.7 Å². The van der Waals surface area contributed by atoms with Gasteiger partial charge in [0.05, 0.1) is 5.41 Å². The van der Waals surface area contributed by atoms with E-state index in [-0.39, 0.29) is 23.5 Å². The first-order valence-corrected chi connectivity index (χ1v) is 8.86. The van der Waals surface area contributed by atoms with Crippen molar-refractivity contribution in [1.82, 2.24) is 5.32 Å². The van der Waals surface area contributed by atoms with Crippen LogP contribution < -0.4 is 5.32 Å². The first-order valence-electron chi connectivity index (χ1n) is 8.86. The molecule has 1 amide bonds. The van der Waals surface area contributed by atoms with Gasteiger partial charge in [-0.3, -0.25) is 4.79 Å². The molecule has 2 aliphatic rings. The van der Waals surface area contributed by atoms with Crippen molar-refractivity contribution < 1.29 is 19.8 Å². The molecule has 0 bridgehead atoms. The third kappa shape index (κ3) is 2.83. The molecule has 0 saturated heterocycles. The zero-order valence-corrected chi connectivity index (χ0v) is 14.3. The SMILES string of the molecule is O=C(O)[C@H](Cc1ccc(O)cc1)NC(=O)[C@@]12C[C@H](c3ccccc3)[C@@H]1C2. The molecule has 0 spiro atoms. The van der Waals surface area contributed by atoms with E-state index in [2.05, 4.69) is 17.4 Å². The lowest BCUT2D eigenvalue weighted by Gasteiger charge is -2.34. The van der Waals surface area contributed by atoms with Gasteiger partial charge in [-0.1, -0.05) is 42.5 Å². The minimum atomic E-state index is -1.04. The number of phenols is 1. The molecule has 2 aliphatic carbocycles. The molecule has 0 radical (unpaired) electrons. The number of nitrogens with one attached hydrogen (secondary N) is 1. The Balaban J connectivity index is 1.39. The Labute approximate surface area is 151 Å². The van der Waals surface area contributed by atoms with Gasteiger partial charge in [0.2, 0.25) is 5.91 Å². The van der Waals surface area contributed by atoms with Crippen molar-refractivity contribution in [2.45, 2.75) is 31.2 Å². The molecular formula is C21H21NO4. The molecule has 2 aromatic rings. The number of carboxylic acid groups (broad SMARTS) is 1. The second-order valence-corrected chi connectivity index (χ2v) is 7.42. The Hall–Kier alpha value is -2.82. The Kier molecular flexibility index (Phi) is 3.94. The second-order valence-electron chi connectivity index (χ2n) is 7.42. The summed E-state index contributed by atoms with van der Waals surface area (Å²) in [5, 5.41) is 21.5. The maximum atomic E-state index is 12.7. The van der Waals surface area contributed by atoms with Crippen LogP contribution in [0.15, 0.2) is 54.6 Å². The van der Waals surface area contributed by atoms with Crippen LogP contribution in [0.1, 0.15) is 29.9 Å². The second kappa shape index (κ2) is 6.16. The molecule has 4 rings (SSSR count). The molecule has 26 heavy (non-hydrogen) atoms. The van der Waals surface area contributed by atoms with Gasteiger partial charge in [0.15, 0.2) is 0 Å². The molecule has 2 aromatic carbocycles. The summed E-state index contributed by atoms with van der Waals surface area (Å²) in [5.74, 6) is -0.319. The Morgan fingerprint density at radius 1 is 1.08 bits per heavy atom. The van der Waals surface area contributed by atoms with Crippen LogP contribution in [0.5, 0.6) is 5.75 Å². The number of amides is 1. The van der Waals surface area contributed by atoms with Crippen LogP contribution in [0.25, 0.3) is 0 Å². The first kappa shape index (κ1) is 16.6. The van der Waals surface area contributed by atoms with E-state index < -0.39 is 12.0 Å². The van der Waals surface area contributed by atoms with Gasteiger partial charge in [-0.2, -0.15) is 0 Å². The largest absolute Gasteiger partial charge is 0.508 e. The van der Waals surface area contributed by atoms with Crippen LogP contribution >= 0.6 is 0 Å². The normalized spacial score (nSPS) is 26.9. The van der Waals surface area contributed by atoms with Gasteiger partial charge in [0.25, 0.3) is 0 Å². The number of carboxylic acids is 1. The van der Waals surface area contributed by atoms with Crippen LogP contribution in [0.2, 0.25) is 0 Å². The highest BCUT2D eigenvalue weighted by molar-refractivity contribution is 5.91. The predicted octanol–water partition coefficient (Wildman–Crippen LogP) is 2.70. The number of carbonyl (C=O) groups is 2. The average molecular weight is 351 g/mol. The maximum absolute atomic E-state index is 12.7. The van der Waals surface area contributed by atoms with Crippen LogP contribution in [-0.4, -0.2) is 28.1 Å². The molecular weight excluding hydrogens is 330 g/mol. The number of benzene rings is 2. The Bertz CT molecular complexity index is 833. The Morgan fingerprint density at radius 3 is 2.38 bits per heavy atom. The standard InChI is InChI=1S/C21H21NO4/c23-15-8-6-13(7-9-15)10-18(19(24)25)22-20(26)21-11-16(17(21)12-21)14-4-2-1-3-5-14/h1-9,16-18,23H,10-12H2,(H,22,26)(H,24,25)/t16-,17+,18+,21-/m1/s1. The fourth-order valence-corrected chi connectivity index (χ4v) is 4.24. The summed E-state index contributed by atoms with van der Waals surface area (Å²) in [4.78, 5) is 24.3. The molecule has 0 aromatic heterocycles. The molecule has 0 aliphatic heterocycles. The van der Waals surface area contributed by atoms with Crippen molar-refractivity contribution in [3.63, 3.8) is 0 Å². The molecule has 5 heteroatoms. The molecule has 2 fully saturated rings. The van der Waals surface area contributed by atoms with Crippen molar-refractivity contribution in [3.8, 4) is 5.75 Å². The summed E-state index contributed by atoms with van der Waals surface area (Å²) in [6, 6.07) is 15.6. The zero-order valence-electron chi connectivity index (χ0n) is 14.3. The number of aromatic hydroxyl groups is 1. The van der Waals surface area contributed by atoms with Crippen molar-refractivity contribution in [2.75, 3.05) is 0 Å². The predicted molar refractivity (Wildman–Crippen MR) is 95.7 cm³/mol.